The smallest absolute Gasteiger partial charge is 0.481 e. The molecule has 2 nitrogen and oxygen atoms in total. The summed E-state index contributed by atoms with van der Waals surface area (Å²) >= 11 is 0. The molecule has 0 bridgehead atoms. The molecule has 0 aromatic heterocycles. The Labute approximate surface area is 114 Å². The van der Waals surface area contributed by atoms with E-state index in [1.165, 1.54) is 0 Å². The van der Waals surface area contributed by atoms with E-state index in [2.05, 4.69) is 11.1 Å². The maximum Gasteiger partial charge on any atom is 1.00 e. The summed E-state index contributed by atoms with van der Waals surface area (Å²) in [5.74, 6) is 0.600. The first-order valence-electron chi connectivity index (χ1n) is 5.05. The molecule has 0 fully saturated rings. The minimum Gasteiger partial charge on any atom is -0.481 e. The number of para-hydroxylation sites is 1. The standard InChI is InChI=1S/C14H12NO.Li/c1-16-14(12-8-4-2-5-9-12)15-13-10-6-3-7-11-13;/h2-10H,1H3;/q-1;+1. The fourth-order valence-electron chi connectivity index (χ4n) is 1.37. The van der Waals surface area contributed by atoms with Gasteiger partial charge in [-0.25, -0.2) is 4.99 Å². The van der Waals surface area contributed by atoms with Crippen LogP contribution in [0.4, 0.5) is 5.69 Å². The van der Waals surface area contributed by atoms with Crippen LogP contribution in [0.15, 0.2) is 59.6 Å². The van der Waals surface area contributed by atoms with Crippen molar-refractivity contribution >= 4 is 11.6 Å². The molecule has 0 spiro atoms. The van der Waals surface area contributed by atoms with Crippen molar-refractivity contribution in [2.45, 2.75) is 0 Å². The van der Waals surface area contributed by atoms with E-state index in [0.29, 0.717) is 5.90 Å². The number of aliphatic imine (C=N–C) groups is 1. The summed E-state index contributed by atoms with van der Waals surface area (Å²) in [6.45, 7) is 0. The predicted octanol–water partition coefficient (Wildman–Crippen LogP) is 0.215. The molecular weight excluding hydrogens is 205 g/mol. The second-order valence-electron chi connectivity index (χ2n) is 3.23. The Bertz CT molecular complexity index is 468. The van der Waals surface area contributed by atoms with Gasteiger partial charge in [0.2, 0.25) is 5.90 Å². The van der Waals surface area contributed by atoms with Gasteiger partial charge in [0, 0.05) is 5.56 Å². The maximum atomic E-state index is 5.27. The Morgan fingerprint density at radius 2 is 1.76 bits per heavy atom. The molecule has 2 aromatic rings. The van der Waals surface area contributed by atoms with Crippen LogP contribution < -0.4 is 18.9 Å². The number of methoxy groups -OCH3 is 1. The molecule has 2 aromatic carbocycles. The Hall–Kier alpha value is -1.49. The molecule has 0 saturated heterocycles. The summed E-state index contributed by atoms with van der Waals surface area (Å²) in [5.41, 5.74) is 1.73. The van der Waals surface area contributed by atoms with E-state index in [1.807, 2.05) is 54.6 Å². The zero-order chi connectivity index (χ0) is 11.2. The van der Waals surface area contributed by atoms with Crippen LogP contribution in [0.25, 0.3) is 0 Å². The van der Waals surface area contributed by atoms with E-state index in [4.69, 9.17) is 4.74 Å². The third-order valence-corrected chi connectivity index (χ3v) is 2.13. The Morgan fingerprint density at radius 1 is 1.06 bits per heavy atom. The molecule has 0 aliphatic carbocycles. The monoisotopic (exact) mass is 217 g/mol. The van der Waals surface area contributed by atoms with Crippen LogP contribution in [0.5, 0.6) is 0 Å². The van der Waals surface area contributed by atoms with Gasteiger partial charge in [0.05, 0.1) is 7.11 Å². The first-order valence-corrected chi connectivity index (χ1v) is 5.05. The molecule has 0 atom stereocenters. The first kappa shape index (κ1) is 13.6. The topological polar surface area (TPSA) is 21.6 Å². The number of hydrogen-bond donors (Lipinski definition) is 0. The van der Waals surface area contributed by atoms with Gasteiger partial charge >= 0.3 is 18.9 Å². The van der Waals surface area contributed by atoms with Crippen molar-refractivity contribution in [1.29, 1.82) is 0 Å². The molecule has 0 aliphatic rings. The summed E-state index contributed by atoms with van der Waals surface area (Å²) in [6.07, 6.45) is 0. The van der Waals surface area contributed by atoms with E-state index < -0.39 is 0 Å². The molecule has 0 amide bonds. The summed E-state index contributed by atoms with van der Waals surface area (Å²) in [4.78, 5) is 4.39. The van der Waals surface area contributed by atoms with Crippen LogP contribution in [-0.2, 0) is 4.74 Å². The van der Waals surface area contributed by atoms with E-state index in [-0.39, 0.29) is 18.9 Å². The van der Waals surface area contributed by atoms with Gasteiger partial charge in [0.25, 0.3) is 0 Å². The first-order chi connectivity index (χ1) is 7.90. The second-order valence-corrected chi connectivity index (χ2v) is 3.23. The molecule has 0 aliphatic heterocycles. The Morgan fingerprint density at radius 3 is 2.35 bits per heavy atom. The molecule has 0 heterocycles. The van der Waals surface area contributed by atoms with Crippen molar-refractivity contribution in [3.05, 3.63) is 66.2 Å². The normalized spacial score (nSPS) is 10.5. The van der Waals surface area contributed by atoms with Gasteiger partial charge in [0.15, 0.2) is 0 Å². The quantitative estimate of drug-likeness (QED) is 0.305. The minimum absolute atomic E-state index is 0. The minimum atomic E-state index is 0. The van der Waals surface area contributed by atoms with Crippen LogP contribution >= 0.6 is 0 Å². The summed E-state index contributed by atoms with van der Waals surface area (Å²) in [6, 6.07) is 20.4. The third kappa shape index (κ3) is 3.78. The van der Waals surface area contributed by atoms with Crippen LogP contribution in [0.2, 0.25) is 0 Å². The molecule has 0 radical (unpaired) electrons. The van der Waals surface area contributed by atoms with Gasteiger partial charge in [-0.2, -0.15) is 24.3 Å². The molecule has 2 rings (SSSR count). The molecule has 0 N–H and O–H groups in total. The van der Waals surface area contributed by atoms with Crippen molar-refractivity contribution in [3.63, 3.8) is 0 Å². The SMILES string of the molecule is COC(=Nc1[c-]cccc1)c1ccccc1.[Li+]. The zero-order valence-electron chi connectivity index (χ0n) is 10.1. The number of ether oxygens (including phenoxy) is 1. The van der Waals surface area contributed by atoms with Crippen LogP contribution in [0.3, 0.4) is 0 Å². The number of benzene rings is 2. The van der Waals surface area contributed by atoms with Crippen molar-refractivity contribution in [2.24, 2.45) is 4.99 Å². The summed E-state index contributed by atoms with van der Waals surface area (Å²) < 4.78 is 5.27. The molecule has 80 valence electrons. The second kappa shape index (κ2) is 6.96. The van der Waals surface area contributed by atoms with E-state index in [9.17, 15) is 0 Å². The van der Waals surface area contributed by atoms with E-state index >= 15 is 0 Å². The van der Waals surface area contributed by atoms with Crippen molar-refractivity contribution in [1.82, 2.24) is 0 Å². The van der Waals surface area contributed by atoms with Gasteiger partial charge in [0.1, 0.15) is 0 Å². The van der Waals surface area contributed by atoms with Crippen molar-refractivity contribution in [3.8, 4) is 0 Å². The van der Waals surface area contributed by atoms with Gasteiger partial charge in [-0.3, -0.25) is 0 Å². The van der Waals surface area contributed by atoms with E-state index in [1.54, 1.807) is 7.11 Å². The Balaban J connectivity index is 0.00000144. The predicted molar refractivity (Wildman–Crippen MR) is 64.9 cm³/mol. The van der Waals surface area contributed by atoms with Crippen LogP contribution in [0.1, 0.15) is 5.56 Å². The van der Waals surface area contributed by atoms with Gasteiger partial charge in [-0.05, 0) is 17.8 Å². The van der Waals surface area contributed by atoms with Crippen LogP contribution in [0, 0.1) is 6.07 Å². The third-order valence-electron chi connectivity index (χ3n) is 2.13. The fraction of sp³-hybridized carbons (Fsp3) is 0.0714. The van der Waals surface area contributed by atoms with E-state index in [0.717, 1.165) is 11.3 Å². The molecule has 3 heteroatoms. The van der Waals surface area contributed by atoms with Crippen molar-refractivity contribution < 1.29 is 23.6 Å². The number of nitrogens with zero attached hydrogens (tertiary/aromatic N) is 1. The van der Waals surface area contributed by atoms with Crippen molar-refractivity contribution in [2.75, 3.05) is 7.11 Å². The fourth-order valence-corrected chi connectivity index (χ4v) is 1.37. The van der Waals surface area contributed by atoms with Gasteiger partial charge < -0.3 is 4.74 Å². The van der Waals surface area contributed by atoms with Gasteiger partial charge in [-0.15, -0.1) is 6.07 Å². The average molecular weight is 217 g/mol. The zero-order valence-corrected chi connectivity index (χ0v) is 10.1. The van der Waals surface area contributed by atoms with Crippen LogP contribution in [-0.4, -0.2) is 13.0 Å². The molecule has 0 unspecified atom stereocenters. The summed E-state index contributed by atoms with van der Waals surface area (Å²) in [7, 11) is 1.62. The largest absolute Gasteiger partial charge is 1.00 e. The van der Waals surface area contributed by atoms with Gasteiger partial charge in [-0.1, -0.05) is 18.2 Å². The summed E-state index contributed by atoms with van der Waals surface area (Å²) in [5, 5.41) is 0. The molecular formula is C14H12LiNO. The Kier molecular flexibility index (Phi) is 5.55. The average Bonchev–Trinajstić information content (AvgIpc) is 2.38. The maximum absolute atomic E-state index is 5.27. The number of rotatable bonds is 2. The molecule has 17 heavy (non-hydrogen) atoms. The number of hydrogen-bond acceptors (Lipinski definition) is 2. The molecule has 0 saturated carbocycles.